The third-order valence-corrected chi connectivity index (χ3v) is 5.14. The lowest BCUT2D eigenvalue weighted by atomic mass is 10.0. The second-order valence-corrected chi connectivity index (χ2v) is 6.94. The Morgan fingerprint density at radius 2 is 2.08 bits per heavy atom. The Morgan fingerprint density at radius 1 is 1.15 bits per heavy atom. The van der Waals surface area contributed by atoms with Gasteiger partial charge in [0.15, 0.2) is 0 Å². The van der Waals surface area contributed by atoms with Crippen LogP contribution in [0.2, 0.25) is 0 Å². The molecule has 26 heavy (non-hydrogen) atoms. The van der Waals surface area contributed by atoms with Gasteiger partial charge in [-0.25, -0.2) is 4.98 Å². The van der Waals surface area contributed by atoms with Gasteiger partial charge in [0.25, 0.3) is 0 Å². The van der Waals surface area contributed by atoms with E-state index in [9.17, 15) is 5.11 Å². The van der Waals surface area contributed by atoms with E-state index in [4.69, 9.17) is 0 Å². The molecular formula is C20H23N5O. The third kappa shape index (κ3) is 3.81. The highest BCUT2D eigenvalue weighted by molar-refractivity contribution is 5.62. The Labute approximate surface area is 152 Å². The molecule has 1 aromatic carbocycles. The van der Waals surface area contributed by atoms with Gasteiger partial charge in [0.1, 0.15) is 12.2 Å². The predicted octanol–water partition coefficient (Wildman–Crippen LogP) is 2.51. The average Bonchev–Trinajstić information content (AvgIpc) is 3.33. The number of aliphatic hydroxyl groups is 1. The van der Waals surface area contributed by atoms with Gasteiger partial charge in [0.2, 0.25) is 0 Å². The van der Waals surface area contributed by atoms with Crippen molar-refractivity contribution >= 4 is 0 Å². The molecule has 3 aromatic rings. The molecule has 2 aromatic heterocycles. The normalized spacial score (nSPS) is 22.6. The summed E-state index contributed by atoms with van der Waals surface area (Å²) in [7, 11) is 0. The highest BCUT2D eigenvalue weighted by atomic mass is 16.3. The summed E-state index contributed by atoms with van der Waals surface area (Å²) in [4.78, 5) is 8.42. The van der Waals surface area contributed by atoms with Crippen molar-refractivity contribution in [2.75, 3.05) is 6.54 Å². The zero-order valence-electron chi connectivity index (χ0n) is 14.5. The lowest BCUT2D eigenvalue weighted by Crippen LogP contribution is -2.27. The van der Waals surface area contributed by atoms with Crippen LogP contribution in [0.25, 0.3) is 11.1 Å². The van der Waals surface area contributed by atoms with Crippen molar-refractivity contribution in [3.8, 4) is 11.1 Å². The quantitative estimate of drug-likeness (QED) is 0.636. The van der Waals surface area contributed by atoms with Gasteiger partial charge in [0, 0.05) is 31.4 Å². The number of rotatable bonds is 6. The lowest BCUT2D eigenvalue weighted by molar-refractivity contribution is 0.131. The van der Waals surface area contributed by atoms with E-state index in [1.165, 1.54) is 17.5 Å². The predicted molar refractivity (Wildman–Crippen MR) is 99.2 cm³/mol. The van der Waals surface area contributed by atoms with Crippen LogP contribution >= 0.6 is 0 Å². The zero-order valence-corrected chi connectivity index (χ0v) is 14.5. The number of aromatic amines is 1. The first-order valence-corrected chi connectivity index (χ1v) is 9.03. The maximum Gasteiger partial charge on any atom is 0.137 e. The van der Waals surface area contributed by atoms with Crippen LogP contribution in [0.15, 0.2) is 55.1 Å². The number of nitrogens with zero attached hydrogens (tertiary/aromatic N) is 3. The van der Waals surface area contributed by atoms with Gasteiger partial charge < -0.3 is 10.4 Å². The van der Waals surface area contributed by atoms with E-state index in [0.29, 0.717) is 0 Å². The fourth-order valence-corrected chi connectivity index (χ4v) is 3.75. The molecule has 1 aliphatic rings. The van der Waals surface area contributed by atoms with Gasteiger partial charge in [0.05, 0.1) is 6.10 Å². The number of benzene rings is 1. The molecule has 3 N–H and O–H groups in total. The van der Waals surface area contributed by atoms with E-state index in [2.05, 4.69) is 55.8 Å². The molecule has 4 rings (SSSR count). The van der Waals surface area contributed by atoms with Crippen LogP contribution in [-0.4, -0.2) is 37.9 Å². The first-order chi connectivity index (χ1) is 12.8. The number of nitrogens with one attached hydrogen (secondary N) is 2. The molecule has 0 radical (unpaired) electrons. The second-order valence-electron chi connectivity index (χ2n) is 6.94. The van der Waals surface area contributed by atoms with E-state index in [1.54, 1.807) is 6.20 Å². The molecule has 0 saturated heterocycles. The third-order valence-electron chi connectivity index (χ3n) is 5.14. The number of pyridine rings is 1. The molecule has 6 nitrogen and oxygen atoms in total. The first kappa shape index (κ1) is 16.9. The van der Waals surface area contributed by atoms with Crippen molar-refractivity contribution in [2.45, 2.75) is 31.4 Å². The maximum atomic E-state index is 10.3. The number of H-pyrrole nitrogens is 1. The monoisotopic (exact) mass is 349 g/mol. The number of hydrogen-bond donors (Lipinski definition) is 3. The van der Waals surface area contributed by atoms with Gasteiger partial charge in [-0.3, -0.25) is 10.1 Å². The average molecular weight is 349 g/mol. The number of hydrogen-bond acceptors (Lipinski definition) is 5. The van der Waals surface area contributed by atoms with Crippen molar-refractivity contribution in [1.82, 2.24) is 25.5 Å². The van der Waals surface area contributed by atoms with E-state index >= 15 is 0 Å². The van der Waals surface area contributed by atoms with Gasteiger partial charge in [-0.2, -0.15) is 5.10 Å². The van der Waals surface area contributed by atoms with E-state index in [1.807, 2.05) is 12.3 Å². The van der Waals surface area contributed by atoms with E-state index in [0.717, 1.165) is 37.3 Å². The summed E-state index contributed by atoms with van der Waals surface area (Å²) in [6.07, 6.45) is 6.58. The lowest BCUT2D eigenvalue weighted by Gasteiger charge is -2.15. The van der Waals surface area contributed by atoms with Crippen LogP contribution in [0.5, 0.6) is 0 Å². The Kier molecular flexibility index (Phi) is 5.04. The Morgan fingerprint density at radius 3 is 2.88 bits per heavy atom. The number of aliphatic hydroxyl groups excluding tert-OH is 1. The molecule has 1 aliphatic carbocycles. The van der Waals surface area contributed by atoms with Gasteiger partial charge >= 0.3 is 0 Å². The summed E-state index contributed by atoms with van der Waals surface area (Å²) in [5, 5.41) is 20.7. The van der Waals surface area contributed by atoms with Gasteiger partial charge in [-0.15, -0.1) is 0 Å². The van der Waals surface area contributed by atoms with Crippen LogP contribution in [0, 0.1) is 5.92 Å². The SMILES string of the molecule is O[C@@H]1CC(c2ncn[nH]2)C[C@@H]1CNCc1cccc(-c2cccnc2)c1. The molecule has 0 bridgehead atoms. The van der Waals surface area contributed by atoms with Gasteiger partial charge in [-0.1, -0.05) is 24.3 Å². The summed E-state index contributed by atoms with van der Waals surface area (Å²) in [6.45, 7) is 1.58. The minimum atomic E-state index is -0.292. The highest BCUT2D eigenvalue weighted by Gasteiger charge is 2.34. The fraction of sp³-hybridized carbons (Fsp3) is 0.350. The van der Waals surface area contributed by atoms with Crippen molar-refractivity contribution in [3.63, 3.8) is 0 Å². The van der Waals surface area contributed by atoms with Crippen molar-refractivity contribution in [1.29, 1.82) is 0 Å². The van der Waals surface area contributed by atoms with Crippen LogP contribution in [0.1, 0.15) is 30.1 Å². The molecule has 3 atom stereocenters. The topological polar surface area (TPSA) is 86.7 Å². The molecule has 0 aliphatic heterocycles. The minimum absolute atomic E-state index is 0.242. The molecule has 134 valence electrons. The first-order valence-electron chi connectivity index (χ1n) is 9.03. The van der Waals surface area contributed by atoms with Crippen LogP contribution < -0.4 is 5.32 Å². The van der Waals surface area contributed by atoms with Crippen LogP contribution in [0.3, 0.4) is 0 Å². The molecule has 2 heterocycles. The summed E-state index contributed by atoms with van der Waals surface area (Å²) < 4.78 is 0. The Hall–Kier alpha value is -2.57. The molecule has 1 saturated carbocycles. The minimum Gasteiger partial charge on any atom is -0.393 e. The molecule has 0 amide bonds. The van der Waals surface area contributed by atoms with Gasteiger partial charge in [-0.05, 0) is 47.6 Å². The molecule has 0 spiro atoms. The molecular weight excluding hydrogens is 326 g/mol. The largest absolute Gasteiger partial charge is 0.393 e. The van der Waals surface area contributed by atoms with E-state index < -0.39 is 0 Å². The summed E-state index contributed by atoms with van der Waals surface area (Å²) in [5.41, 5.74) is 3.52. The van der Waals surface area contributed by atoms with E-state index in [-0.39, 0.29) is 17.9 Å². The zero-order chi connectivity index (χ0) is 17.8. The summed E-state index contributed by atoms with van der Waals surface area (Å²) in [6, 6.07) is 12.5. The van der Waals surface area contributed by atoms with Crippen molar-refractivity contribution < 1.29 is 5.11 Å². The highest BCUT2D eigenvalue weighted by Crippen LogP contribution is 2.36. The summed E-state index contributed by atoms with van der Waals surface area (Å²) in [5.74, 6) is 1.40. The molecule has 6 heteroatoms. The van der Waals surface area contributed by atoms with Crippen LogP contribution in [0.4, 0.5) is 0 Å². The van der Waals surface area contributed by atoms with Crippen LogP contribution in [-0.2, 0) is 6.54 Å². The van der Waals surface area contributed by atoms with Crippen molar-refractivity contribution in [3.05, 3.63) is 66.5 Å². The molecule has 1 unspecified atom stereocenters. The Bertz CT molecular complexity index is 821. The smallest absolute Gasteiger partial charge is 0.137 e. The maximum absolute atomic E-state index is 10.3. The number of aromatic nitrogens is 4. The molecule has 1 fully saturated rings. The van der Waals surface area contributed by atoms with Crippen molar-refractivity contribution in [2.24, 2.45) is 5.92 Å². The standard InChI is InChI=1S/C20H23N5O/c26-19-9-17(20-23-13-24-25-20)8-18(19)12-22-10-14-3-1-4-15(7-14)16-5-2-6-21-11-16/h1-7,11,13,17-19,22,26H,8-10,12H2,(H,23,24,25)/t17?,18-,19-/m1/s1. The summed E-state index contributed by atoms with van der Waals surface area (Å²) >= 11 is 0. The second kappa shape index (κ2) is 7.76. The fourth-order valence-electron chi connectivity index (χ4n) is 3.75. The Balaban J connectivity index is 1.32.